The maximum Gasteiger partial charge on any atom is 0.244 e. The second-order valence-electron chi connectivity index (χ2n) is 3.89. The van der Waals surface area contributed by atoms with Crippen LogP contribution in [0.2, 0.25) is 0 Å². The minimum atomic E-state index is -0.638. The van der Waals surface area contributed by atoms with Gasteiger partial charge in [0, 0.05) is 6.20 Å². The molecule has 0 aliphatic rings. The maximum absolute atomic E-state index is 11.9. The number of anilines is 1. The molecule has 0 saturated heterocycles. The topological polar surface area (TPSA) is 63.2 Å². The molecule has 16 heavy (non-hydrogen) atoms. The van der Waals surface area contributed by atoms with Crippen LogP contribution in [-0.2, 0) is 4.79 Å². The first-order chi connectivity index (χ1) is 7.51. The summed E-state index contributed by atoms with van der Waals surface area (Å²) in [5, 5.41) is 5.69. The van der Waals surface area contributed by atoms with Crippen molar-refractivity contribution >= 4 is 11.6 Å². The predicted octanol–water partition coefficient (Wildman–Crippen LogP) is 1.03. The Kier molecular flexibility index (Phi) is 3.84. The highest BCUT2D eigenvalue weighted by molar-refractivity contribution is 5.98. The van der Waals surface area contributed by atoms with Gasteiger partial charge in [-0.15, -0.1) is 0 Å². The first-order valence-corrected chi connectivity index (χ1v) is 5.00. The van der Waals surface area contributed by atoms with Crippen molar-refractivity contribution in [3.63, 3.8) is 0 Å². The van der Waals surface area contributed by atoms with Gasteiger partial charge in [-0.3, -0.25) is 4.79 Å². The molecule has 1 rings (SSSR count). The molecule has 0 aliphatic carbocycles. The molecular weight excluding hydrogens is 206 g/mol. The van der Waals surface area contributed by atoms with E-state index >= 15 is 0 Å². The van der Waals surface area contributed by atoms with Gasteiger partial charge in [0.1, 0.15) is 5.69 Å². The van der Waals surface area contributed by atoms with Crippen LogP contribution < -0.4 is 15.4 Å². The summed E-state index contributed by atoms with van der Waals surface area (Å²) in [4.78, 5) is 15.9. The number of methoxy groups -OCH3 is 1. The molecule has 5 nitrogen and oxygen atoms in total. The second kappa shape index (κ2) is 4.94. The third kappa shape index (κ3) is 2.70. The van der Waals surface area contributed by atoms with Crippen LogP contribution in [0, 0.1) is 0 Å². The number of carbonyl (C=O) groups is 1. The summed E-state index contributed by atoms with van der Waals surface area (Å²) in [6, 6.07) is 3.49. The standard InChI is InChI=1S/C11H17N3O2/c1-11(2,12-3)10(15)14-8-6-5-7-13-9(8)16-4/h5-7,12H,1-4H3,(H,14,15). The van der Waals surface area contributed by atoms with Gasteiger partial charge in [0.05, 0.1) is 12.6 Å². The molecule has 0 bridgehead atoms. The summed E-state index contributed by atoms with van der Waals surface area (Å²) in [5.74, 6) is 0.268. The molecular formula is C11H17N3O2. The van der Waals surface area contributed by atoms with E-state index in [1.807, 2.05) is 0 Å². The molecule has 0 aromatic carbocycles. The van der Waals surface area contributed by atoms with E-state index < -0.39 is 5.54 Å². The minimum Gasteiger partial charge on any atom is -0.480 e. The first-order valence-electron chi connectivity index (χ1n) is 5.00. The number of hydrogen-bond acceptors (Lipinski definition) is 4. The Hall–Kier alpha value is -1.62. The molecule has 88 valence electrons. The lowest BCUT2D eigenvalue weighted by Crippen LogP contribution is -2.47. The summed E-state index contributed by atoms with van der Waals surface area (Å²) in [5.41, 5.74) is -0.0701. The Labute approximate surface area is 95.2 Å². The van der Waals surface area contributed by atoms with Gasteiger partial charge in [0.25, 0.3) is 0 Å². The molecule has 1 aromatic heterocycles. The number of carbonyl (C=O) groups excluding carboxylic acids is 1. The molecule has 0 unspecified atom stereocenters. The average molecular weight is 223 g/mol. The van der Waals surface area contributed by atoms with E-state index in [4.69, 9.17) is 4.74 Å². The van der Waals surface area contributed by atoms with Gasteiger partial charge in [0.2, 0.25) is 11.8 Å². The molecule has 0 atom stereocenters. The van der Waals surface area contributed by atoms with Gasteiger partial charge in [0.15, 0.2) is 0 Å². The maximum atomic E-state index is 11.9. The number of pyridine rings is 1. The Balaban J connectivity index is 2.85. The number of hydrogen-bond donors (Lipinski definition) is 2. The van der Waals surface area contributed by atoms with Crippen molar-refractivity contribution in [2.24, 2.45) is 0 Å². The molecule has 1 amide bonds. The van der Waals surface area contributed by atoms with Crippen LogP contribution in [0.1, 0.15) is 13.8 Å². The fourth-order valence-electron chi connectivity index (χ4n) is 1.04. The predicted molar refractivity (Wildman–Crippen MR) is 62.6 cm³/mol. The van der Waals surface area contributed by atoms with Crippen LogP contribution in [0.5, 0.6) is 5.88 Å². The van der Waals surface area contributed by atoms with Gasteiger partial charge in [-0.2, -0.15) is 0 Å². The van der Waals surface area contributed by atoms with Crippen LogP contribution in [0.4, 0.5) is 5.69 Å². The number of aromatic nitrogens is 1. The third-order valence-electron chi connectivity index (χ3n) is 2.41. The Bertz CT molecular complexity index is 377. The number of likely N-dealkylation sites (N-methyl/N-ethyl adjacent to an activating group) is 1. The zero-order valence-corrected chi connectivity index (χ0v) is 10.00. The fourth-order valence-corrected chi connectivity index (χ4v) is 1.04. The molecule has 0 aliphatic heterocycles. The number of ether oxygens (including phenoxy) is 1. The number of nitrogens with zero attached hydrogens (tertiary/aromatic N) is 1. The molecule has 5 heteroatoms. The van der Waals surface area contributed by atoms with Crippen LogP contribution in [0.3, 0.4) is 0 Å². The number of amides is 1. The number of nitrogens with one attached hydrogen (secondary N) is 2. The molecule has 0 fully saturated rings. The van der Waals surface area contributed by atoms with Crippen molar-refractivity contribution in [1.82, 2.24) is 10.3 Å². The highest BCUT2D eigenvalue weighted by Crippen LogP contribution is 2.20. The van der Waals surface area contributed by atoms with Crippen molar-refractivity contribution in [2.45, 2.75) is 19.4 Å². The third-order valence-corrected chi connectivity index (χ3v) is 2.41. The van der Waals surface area contributed by atoms with Gasteiger partial charge < -0.3 is 15.4 Å². The highest BCUT2D eigenvalue weighted by Gasteiger charge is 2.25. The van der Waals surface area contributed by atoms with E-state index in [1.165, 1.54) is 7.11 Å². The second-order valence-corrected chi connectivity index (χ2v) is 3.89. The van der Waals surface area contributed by atoms with Crippen molar-refractivity contribution in [3.05, 3.63) is 18.3 Å². The molecule has 1 aromatic rings. The first kappa shape index (κ1) is 12.4. The SMILES string of the molecule is CNC(C)(C)C(=O)Nc1cccnc1OC. The summed E-state index contributed by atoms with van der Waals surface area (Å²) in [7, 11) is 3.25. The van der Waals surface area contributed by atoms with Crippen molar-refractivity contribution < 1.29 is 9.53 Å². The van der Waals surface area contributed by atoms with Crippen molar-refractivity contribution in [1.29, 1.82) is 0 Å². The van der Waals surface area contributed by atoms with E-state index in [0.29, 0.717) is 11.6 Å². The van der Waals surface area contributed by atoms with Crippen LogP contribution in [0.15, 0.2) is 18.3 Å². The largest absolute Gasteiger partial charge is 0.480 e. The lowest BCUT2D eigenvalue weighted by atomic mass is 10.1. The van der Waals surface area contributed by atoms with E-state index in [2.05, 4.69) is 15.6 Å². The van der Waals surface area contributed by atoms with E-state index in [9.17, 15) is 4.79 Å². The molecule has 1 heterocycles. The summed E-state index contributed by atoms with van der Waals surface area (Å²) in [6.07, 6.45) is 1.61. The summed E-state index contributed by atoms with van der Waals surface area (Å²) >= 11 is 0. The van der Waals surface area contributed by atoms with Crippen molar-refractivity contribution in [3.8, 4) is 5.88 Å². The van der Waals surface area contributed by atoms with E-state index in [-0.39, 0.29) is 5.91 Å². The van der Waals surface area contributed by atoms with Crippen LogP contribution in [-0.4, -0.2) is 30.6 Å². The highest BCUT2D eigenvalue weighted by atomic mass is 16.5. The molecule has 2 N–H and O–H groups in total. The Morgan fingerprint density at radius 1 is 1.50 bits per heavy atom. The summed E-state index contributed by atoms with van der Waals surface area (Å²) < 4.78 is 5.05. The fraction of sp³-hybridized carbons (Fsp3) is 0.455. The van der Waals surface area contributed by atoms with Gasteiger partial charge in [-0.05, 0) is 33.0 Å². The van der Waals surface area contributed by atoms with Crippen molar-refractivity contribution in [2.75, 3.05) is 19.5 Å². The quantitative estimate of drug-likeness (QED) is 0.800. The Morgan fingerprint density at radius 3 is 2.75 bits per heavy atom. The monoisotopic (exact) mass is 223 g/mol. The summed E-state index contributed by atoms with van der Waals surface area (Å²) in [6.45, 7) is 3.59. The van der Waals surface area contributed by atoms with E-state index in [1.54, 1.807) is 39.2 Å². The van der Waals surface area contributed by atoms with Gasteiger partial charge in [-0.1, -0.05) is 0 Å². The number of rotatable bonds is 4. The normalized spacial score (nSPS) is 11.0. The minimum absolute atomic E-state index is 0.138. The molecule has 0 spiro atoms. The van der Waals surface area contributed by atoms with Crippen LogP contribution in [0.25, 0.3) is 0 Å². The van der Waals surface area contributed by atoms with Gasteiger partial charge >= 0.3 is 0 Å². The zero-order valence-electron chi connectivity index (χ0n) is 10.00. The smallest absolute Gasteiger partial charge is 0.244 e. The zero-order chi connectivity index (χ0) is 12.2. The lowest BCUT2D eigenvalue weighted by molar-refractivity contribution is -0.121. The van der Waals surface area contributed by atoms with Gasteiger partial charge in [-0.25, -0.2) is 4.98 Å². The van der Waals surface area contributed by atoms with E-state index in [0.717, 1.165) is 0 Å². The average Bonchev–Trinajstić information content (AvgIpc) is 2.29. The molecule has 0 radical (unpaired) electrons. The van der Waals surface area contributed by atoms with Crippen LogP contribution >= 0.6 is 0 Å². The Morgan fingerprint density at radius 2 is 2.19 bits per heavy atom. The molecule has 0 saturated carbocycles. The lowest BCUT2D eigenvalue weighted by Gasteiger charge is -2.23.